The van der Waals surface area contributed by atoms with Crippen LogP contribution in [0.5, 0.6) is 0 Å². The molecule has 2 saturated carbocycles. The largest absolute Gasteiger partial charge is 0.0730 e. The van der Waals surface area contributed by atoms with Crippen LogP contribution in [-0.2, 0) is 6.42 Å². The van der Waals surface area contributed by atoms with E-state index in [4.69, 9.17) is 0 Å². The monoisotopic (exact) mass is 446 g/mol. The van der Waals surface area contributed by atoms with E-state index >= 15 is 0 Å². The van der Waals surface area contributed by atoms with Crippen LogP contribution in [0.4, 0.5) is 0 Å². The zero-order valence-electron chi connectivity index (χ0n) is 21.8. The predicted octanol–water partition coefficient (Wildman–Crippen LogP) is 9.91. The van der Waals surface area contributed by atoms with Crippen molar-refractivity contribution in [2.45, 2.75) is 123 Å². The summed E-state index contributed by atoms with van der Waals surface area (Å²) in [5.74, 6) is 10.5. The van der Waals surface area contributed by atoms with E-state index < -0.39 is 0 Å². The lowest BCUT2D eigenvalue weighted by Gasteiger charge is -2.31. The minimum atomic E-state index is 0.755. The number of hydrogen-bond acceptors (Lipinski definition) is 0. The van der Waals surface area contributed by atoms with Crippen molar-refractivity contribution in [3.05, 3.63) is 47.5 Å². The van der Waals surface area contributed by atoms with Crippen molar-refractivity contribution >= 4 is 0 Å². The van der Waals surface area contributed by atoms with E-state index in [1.807, 2.05) is 0 Å². The first-order chi connectivity index (χ1) is 16.3. The van der Waals surface area contributed by atoms with Crippen LogP contribution < -0.4 is 0 Å². The zero-order valence-corrected chi connectivity index (χ0v) is 21.8. The van der Waals surface area contributed by atoms with Gasteiger partial charge in [0.1, 0.15) is 0 Å². The Balaban J connectivity index is 1.28. The maximum absolute atomic E-state index is 3.32. The maximum Gasteiger partial charge on any atom is 0.0249 e. The van der Waals surface area contributed by atoms with E-state index in [9.17, 15) is 0 Å². The molecule has 2 fully saturated rings. The molecule has 1 aromatic carbocycles. The van der Waals surface area contributed by atoms with Crippen LogP contribution in [-0.4, -0.2) is 0 Å². The number of allylic oxidation sites excluding steroid dienone is 2. The Hall–Kier alpha value is -1.48. The summed E-state index contributed by atoms with van der Waals surface area (Å²) in [6.45, 7) is 4.59. The van der Waals surface area contributed by atoms with Crippen LogP contribution in [0.15, 0.2) is 36.4 Å². The third-order valence-corrected chi connectivity index (χ3v) is 8.50. The summed E-state index contributed by atoms with van der Waals surface area (Å²) >= 11 is 0. The normalized spacial score (nSPS) is 25.6. The quantitative estimate of drug-likeness (QED) is 0.234. The summed E-state index contributed by atoms with van der Waals surface area (Å²) in [4.78, 5) is 0. The van der Waals surface area contributed by atoms with Crippen molar-refractivity contribution in [1.29, 1.82) is 0 Å². The Labute approximate surface area is 206 Å². The van der Waals surface area contributed by atoms with Crippen LogP contribution in [0.2, 0.25) is 0 Å². The molecule has 33 heavy (non-hydrogen) atoms. The highest BCUT2D eigenvalue weighted by Crippen LogP contribution is 2.37. The Morgan fingerprint density at radius 1 is 0.697 bits per heavy atom. The Morgan fingerprint density at radius 2 is 1.27 bits per heavy atom. The number of aryl methyl sites for hydroxylation is 1. The van der Waals surface area contributed by atoms with Gasteiger partial charge in [-0.05, 0) is 86.0 Å². The first kappa shape index (κ1) is 26.1. The van der Waals surface area contributed by atoms with Gasteiger partial charge in [-0.3, -0.25) is 0 Å². The van der Waals surface area contributed by atoms with Gasteiger partial charge in [-0.2, -0.15) is 0 Å². The van der Waals surface area contributed by atoms with Gasteiger partial charge in [-0.15, -0.1) is 0 Å². The molecule has 0 saturated heterocycles. The van der Waals surface area contributed by atoms with E-state index in [-0.39, 0.29) is 0 Å². The first-order valence-electron chi connectivity index (χ1n) is 14.5. The van der Waals surface area contributed by atoms with Crippen molar-refractivity contribution in [2.24, 2.45) is 23.7 Å². The summed E-state index contributed by atoms with van der Waals surface area (Å²) in [7, 11) is 0. The van der Waals surface area contributed by atoms with Crippen LogP contribution >= 0.6 is 0 Å². The lowest BCUT2D eigenvalue weighted by atomic mass is 9.75. The second-order valence-electron chi connectivity index (χ2n) is 11.2. The Morgan fingerprint density at radius 3 is 1.88 bits per heavy atom. The van der Waals surface area contributed by atoms with Crippen LogP contribution in [0.1, 0.15) is 128 Å². The molecule has 0 heterocycles. The van der Waals surface area contributed by atoms with Crippen molar-refractivity contribution in [3.8, 4) is 11.8 Å². The topological polar surface area (TPSA) is 0 Å². The molecule has 3 rings (SSSR count). The molecular weight excluding hydrogens is 396 g/mol. The first-order valence-corrected chi connectivity index (χ1v) is 14.5. The minimum absolute atomic E-state index is 0.755. The third kappa shape index (κ3) is 10.1. The lowest BCUT2D eigenvalue weighted by Crippen LogP contribution is -2.17. The highest BCUT2D eigenvalue weighted by atomic mass is 14.3. The summed E-state index contributed by atoms with van der Waals surface area (Å²) < 4.78 is 0. The smallest absolute Gasteiger partial charge is 0.0249 e. The molecule has 0 amide bonds. The number of benzene rings is 1. The molecule has 0 bridgehead atoms. The fraction of sp³-hybridized carbons (Fsp3) is 0.697. The number of rotatable bonds is 11. The highest BCUT2D eigenvalue weighted by Gasteiger charge is 2.23. The maximum atomic E-state index is 3.32. The second-order valence-corrected chi connectivity index (χ2v) is 11.2. The molecule has 2 aliphatic rings. The molecule has 0 aliphatic heterocycles. The zero-order chi connectivity index (χ0) is 23.1. The van der Waals surface area contributed by atoms with Crippen molar-refractivity contribution in [3.63, 3.8) is 0 Å². The van der Waals surface area contributed by atoms with Crippen molar-refractivity contribution in [1.82, 2.24) is 0 Å². The molecule has 0 radical (unpaired) electrons. The summed E-state index contributed by atoms with van der Waals surface area (Å²) in [6, 6.07) is 8.88. The molecule has 0 aromatic heterocycles. The van der Waals surface area contributed by atoms with Gasteiger partial charge in [0, 0.05) is 5.56 Å². The Kier molecular flexibility index (Phi) is 12.2. The molecule has 0 nitrogen and oxygen atoms in total. The molecule has 1 aromatic rings. The van der Waals surface area contributed by atoms with Gasteiger partial charge in [0.2, 0.25) is 0 Å². The van der Waals surface area contributed by atoms with Gasteiger partial charge in [-0.1, -0.05) is 115 Å². The molecule has 0 spiro atoms. The lowest BCUT2D eigenvalue weighted by molar-refractivity contribution is 0.220. The van der Waals surface area contributed by atoms with E-state index in [0.717, 1.165) is 29.2 Å². The van der Waals surface area contributed by atoms with Crippen molar-refractivity contribution < 1.29 is 0 Å². The minimum Gasteiger partial charge on any atom is -0.0730 e. The van der Waals surface area contributed by atoms with Crippen LogP contribution in [0.3, 0.4) is 0 Å². The standard InChI is InChI=1S/C33H50/c1-3-5-7-11-29-14-16-30(17-15-29)12-8-9-13-31-20-24-33(25-21-31)27-26-32-22-18-28(19-23-32)10-6-4-2/h9,13-17,28,31-33H,3-7,10-11,18-27H2,1-2H3/b13-9+. The van der Waals surface area contributed by atoms with Crippen molar-refractivity contribution in [2.75, 3.05) is 0 Å². The molecule has 2 aliphatic carbocycles. The molecular formula is C33H50. The van der Waals surface area contributed by atoms with Gasteiger partial charge in [0.05, 0.1) is 0 Å². The molecule has 0 unspecified atom stereocenters. The summed E-state index contributed by atoms with van der Waals surface area (Å²) in [6.07, 6.45) is 28.7. The molecule has 182 valence electrons. The van der Waals surface area contributed by atoms with Gasteiger partial charge < -0.3 is 0 Å². The van der Waals surface area contributed by atoms with E-state index in [1.54, 1.807) is 0 Å². The number of hydrogen-bond donors (Lipinski definition) is 0. The number of unbranched alkanes of at least 4 members (excludes halogenated alkanes) is 3. The van der Waals surface area contributed by atoms with Gasteiger partial charge in [0.15, 0.2) is 0 Å². The third-order valence-electron chi connectivity index (χ3n) is 8.50. The summed E-state index contributed by atoms with van der Waals surface area (Å²) in [5, 5.41) is 0. The summed E-state index contributed by atoms with van der Waals surface area (Å²) in [5.41, 5.74) is 2.59. The molecule has 0 heteroatoms. The second kappa shape index (κ2) is 15.4. The van der Waals surface area contributed by atoms with E-state index in [0.29, 0.717) is 0 Å². The van der Waals surface area contributed by atoms with Crippen LogP contribution in [0, 0.1) is 35.5 Å². The molecule has 0 atom stereocenters. The van der Waals surface area contributed by atoms with E-state index in [2.05, 4.69) is 62.1 Å². The average Bonchev–Trinajstić information content (AvgIpc) is 2.86. The van der Waals surface area contributed by atoms with E-state index in [1.165, 1.54) is 115 Å². The van der Waals surface area contributed by atoms with Gasteiger partial charge >= 0.3 is 0 Å². The van der Waals surface area contributed by atoms with Crippen LogP contribution in [0.25, 0.3) is 0 Å². The predicted molar refractivity (Wildman–Crippen MR) is 145 cm³/mol. The average molecular weight is 447 g/mol. The van der Waals surface area contributed by atoms with Gasteiger partial charge in [-0.25, -0.2) is 0 Å². The highest BCUT2D eigenvalue weighted by molar-refractivity contribution is 5.38. The fourth-order valence-electron chi connectivity index (χ4n) is 6.09. The Bertz CT molecular complexity index is 712. The van der Waals surface area contributed by atoms with Gasteiger partial charge in [0.25, 0.3) is 0 Å². The SMILES string of the molecule is CCCCCc1ccc(C#C/C=C/C2CCC(CCC3CCC(CCCC)CC3)CC2)cc1. The molecule has 0 N–H and O–H groups in total. The fourth-order valence-corrected chi connectivity index (χ4v) is 6.09.